The minimum absolute atomic E-state index is 0.737. The number of hydrogen-bond donors (Lipinski definition) is 1. The molecule has 0 unspecified atom stereocenters. The molecule has 0 bridgehead atoms. The number of aryl methyl sites for hydroxylation is 1. The largest absolute Gasteiger partial charge is 0.354 e. The molecule has 14 heavy (non-hydrogen) atoms. The van der Waals surface area contributed by atoms with Crippen LogP contribution in [-0.2, 0) is 6.54 Å². The molecule has 0 aliphatic heterocycles. The number of nitrogens with one attached hydrogen (secondary N) is 1. The normalized spacial score (nSPS) is 10.7. The van der Waals surface area contributed by atoms with Crippen molar-refractivity contribution in [1.29, 1.82) is 0 Å². The van der Waals surface area contributed by atoms with Crippen LogP contribution in [0.3, 0.4) is 0 Å². The van der Waals surface area contributed by atoms with E-state index in [1.807, 2.05) is 25.4 Å². The lowest BCUT2D eigenvalue weighted by Crippen LogP contribution is -2.04. The highest BCUT2D eigenvalue weighted by Crippen LogP contribution is 2.22. The second-order valence-corrected chi connectivity index (χ2v) is 3.93. The Morgan fingerprint density at radius 2 is 2.43 bits per heavy atom. The number of aromatic nitrogens is 2. The summed E-state index contributed by atoms with van der Waals surface area (Å²) in [5, 5.41) is 9.91. The maximum absolute atomic E-state index is 5.12. The maximum atomic E-state index is 5.12. The number of thiazole rings is 1. The molecule has 0 fully saturated rings. The fourth-order valence-electron chi connectivity index (χ4n) is 1.14. The number of rotatable bonds is 3. The van der Waals surface area contributed by atoms with E-state index in [2.05, 4.69) is 15.5 Å². The molecule has 2 rings (SSSR count). The van der Waals surface area contributed by atoms with Gasteiger partial charge in [-0.25, -0.2) is 4.98 Å². The van der Waals surface area contributed by atoms with Gasteiger partial charge < -0.3 is 9.84 Å². The van der Waals surface area contributed by atoms with Crippen molar-refractivity contribution in [2.24, 2.45) is 0 Å². The summed E-state index contributed by atoms with van der Waals surface area (Å²) in [6.45, 7) is 2.69. The summed E-state index contributed by atoms with van der Waals surface area (Å²) >= 11 is 1.62. The van der Waals surface area contributed by atoms with Crippen LogP contribution in [0.1, 0.15) is 10.7 Å². The number of nitrogens with zero attached hydrogens (tertiary/aromatic N) is 2. The third kappa shape index (κ3) is 1.83. The molecule has 2 heterocycles. The molecule has 0 amide bonds. The first-order valence-electron chi connectivity index (χ1n) is 4.32. The quantitative estimate of drug-likeness (QED) is 0.837. The molecule has 0 aliphatic carbocycles. The van der Waals surface area contributed by atoms with Crippen LogP contribution >= 0.6 is 11.3 Å². The van der Waals surface area contributed by atoms with Crippen LogP contribution in [0, 0.1) is 6.92 Å². The van der Waals surface area contributed by atoms with Crippen molar-refractivity contribution >= 4 is 11.3 Å². The maximum Gasteiger partial charge on any atom is 0.186 e. The molecule has 5 heteroatoms. The minimum atomic E-state index is 0.737. The van der Waals surface area contributed by atoms with Crippen molar-refractivity contribution in [3.05, 3.63) is 22.1 Å². The zero-order chi connectivity index (χ0) is 9.97. The Labute approximate surface area is 86.0 Å². The third-order valence-electron chi connectivity index (χ3n) is 1.76. The van der Waals surface area contributed by atoms with E-state index in [9.17, 15) is 0 Å². The average Bonchev–Trinajstić information content (AvgIpc) is 2.74. The SMILES string of the molecule is CNCc1nc(-c2cc(C)no2)cs1. The molecule has 0 aliphatic rings. The smallest absolute Gasteiger partial charge is 0.186 e. The molecular formula is C9H11N3OS. The van der Waals surface area contributed by atoms with Crippen LogP contribution < -0.4 is 5.32 Å². The Hall–Kier alpha value is -1.20. The van der Waals surface area contributed by atoms with Crippen LogP contribution in [0.5, 0.6) is 0 Å². The monoisotopic (exact) mass is 209 g/mol. The summed E-state index contributed by atoms with van der Waals surface area (Å²) in [6.07, 6.45) is 0. The van der Waals surface area contributed by atoms with Gasteiger partial charge in [0.05, 0.1) is 5.69 Å². The van der Waals surface area contributed by atoms with E-state index in [4.69, 9.17) is 4.52 Å². The van der Waals surface area contributed by atoms with Crippen molar-refractivity contribution in [2.75, 3.05) is 7.05 Å². The molecule has 1 N–H and O–H groups in total. The third-order valence-corrected chi connectivity index (χ3v) is 2.61. The summed E-state index contributed by atoms with van der Waals surface area (Å²) in [5.74, 6) is 0.737. The zero-order valence-corrected chi connectivity index (χ0v) is 8.89. The Morgan fingerprint density at radius 1 is 1.57 bits per heavy atom. The lowest BCUT2D eigenvalue weighted by molar-refractivity contribution is 0.426. The van der Waals surface area contributed by atoms with E-state index in [1.165, 1.54) is 0 Å². The van der Waals surface area contributed by atoms with Crippen LogP contribution in [0.2, 0.25) is 0 Å². The van der Waals surface area contributed by atoms with Crippen molar-refractivity contribution in [1.82, 2.24) is 15.5 Å². The second-order valence-electron chi connectivity index (χ2n) is 2.99. The summed E-state index contributed by atoms with van der Waals surface area (Å²) in [6, 6.07) is 1.89. The summed E-state index contributed by atoms with van der Waals surface area (Å²) in [5.41, 5.74) is 1.74. The lowest BCUT2D eigenvalue weighted by Gasteiger charge is -1.90. The van der Waals surface area contributed by atoms with Crippen molar-refractivity contribution in [3.8, 4) is 11.5 Å². The molecule has 2 aromatic heterocycles. The second kappa shape index (κ2) is 3.89. The fraction of sp³-hybridized carbons (Fsp3) is 0.333. The Morgan fingerprint density at radius 3 is 3.07 bits per heavy atom. The van der Waals surface area contributed by atoms with Gasteiger partial charge in [-0.15, -0.1) is 11.3 Å². The van der Waals surface area contributed by atoms with Gasteiger partial charge in [0.25, 0.3) is 0 Å². The molecule has 0 aromatic carbocycles. The van der Waals surface area contributed by atoms with Gasteiger partial charge in [0.1, 0.15) is 10.7 Å². The Kier molecular flexibility index (Phi) is 2.60. The van der Waals surface area contributed by atoms with Crippen LogP contribution in [-0.4, -0.2) is 17.2 Å². The first-order chi connectivity index (χ1) is 6.79. The highest BCUT2D eigenvalue weighted by Gasteiger charge is 2.08. The average molecular weight is 209 g/mol. The van der Waals surface area contributed by atoms with Gasteiger partial charge in [0.15, 0.2) is 5.76 Å². The van der Waals surface area contributed by atoms with Crippen LogP contribution in [0.4, 0.5) is 0 Å². The number of hydrogen-bond acceptors (Lipinski definition) is 5. The molecule has 0 saturated heterocycles. The lowest BCUT2D eigenvalue weighted by atomic mass is 10.3. The van der Waals surface area contributed by atoms with Gasteiger partial charge in [0.2, 0.25) is 0 Å². The van der Waals surface area contributed by atoms with E-state index in [-0.39, 0.29) is 0 Å². The molecular weight excluding hydrogens is 198 g/mol. The van der Waals surface area contributed by atoms with Gasteiger partial charge in [-0.3, -0.25) is 0 Å². The van der Waals surface area contributed by atoms with Crippen molar-refractivity contribution in [2.45, 2.75) is 13.5 Å². The summed E-state index contributed by atoms with van der Waals surface area (Å²) in [7, 11) is 1.90. The standard InChI is InChI=1S/C9H11N3OS/c1-6-3-8(13-12-6)7-5-14-9(11-7)4-10-2/h3,5,10H,4H2,1-2H3. The molecule has 2 aromatic rings. The molecule has 0 radical (unpaired) electrons. The predicted molar refractivity (Wildman–Crippen MR) is 55.1 cm³/mol. The molecule has 0 spiro atoms. The molecule has 0 atom stereocenters. The molecule has 74 valence electrons. The molecule has 0 saturated carbocycles. The predicted octanol–water partition coefficient (Wildman–Crippen LogP) is 1.83. The van der Waals surface area contributed by atoms with E-state index in [1.54, 1.807) is 11.3 Å². The fourth-order valence-corrected chi connectivity index (χ4v) is 1.94. The van der Waals surface area contributed by atoms with Gasteiger partial charge in [-0.05, 0) is 14.0 Å². The highest BCUT2D eigenvalue weighted by molar-refractivity contribution is 7.09. The zero-order valence-electron chi connectivity index (χ0n) is 8.07. The summed E-state index contributed by atoms with van der Waals surface area (Å²) < 4.78 is 5.12. The first-order valence-corrected chi connectivity index (χ1v) is 5.20. The van der Waals surface area contributed by atoms with Gasteiger partial charge in [-0.2, -0.15) is 0 Å². The van der Waals surface area contributed by atoms with Gasteiger partial charge in [-0.1, -0.05) is 5.16 Å². The van der Waals surface area contributed by atoms with E-state index < -0.39 is 0 Å². The van der Waals surface area contributed by atoms with Crippen LogP contribution in [0.15, 0.2) is 16.0 Å². The van der Waals surface area contributed by atoms with E-state index in [0.29, 0.717) is 0 Å². The van der Waals surface area contributed by atoms with Gasteiger partial charge in [0, 0.05) is 18.0 Å². The Bertz CT molecular complexity index is 421. The van der Waals surface area contributed by atoms with E-state index in [0.717, 1.165) is 28.7 Å². The highest BCUT2D eigenvalue weighted by atomic mass is 32.1. The van der Waals surface area contributed by atoms with E-state index >= 15 is 0 Å². The van der Waals surface area contributed by atoms with Crippen molar-refractivity contribution < 1.29 is 4.52 Å². The summed E-state index contributed by atoms with van der Waals surface area (Å²) in [4.78, 5) is 4.41. The van der Waals surface area contributed by atoms with Gasteiger partial charge >= 0.3 is 0 Å². The topological polar surface area (TPSA) is 51.0 Å². The van der Waals surface area contributed by atoms with Crippen molar-refractivity contribution in [3.63, 3.8) is 0 Å². The van der Waals surface area contributed by atoms with Crippen LogP contribution in [0.25, 0.3) is 11.5 Å². The minimum Gasteiger partial charge on any atom is -0.354 e. The Balaban J connectivity index is 2.24. The molecule has 4 nitrogen and oxygen atoms in total. The first kappa shape index (κ1) is 9.36.